The molecule has 17 heavy (non-hydrogen) atoms. The van der Waals surface area contributed by atoms with Crippen molar-refractivity contribution in [2.24, 2.45) is 5.92 Å². The van der Waals surface area contributed by atoms with E-state index < -0.39 is 0 Å². The van der Waals surface area contributed by atoms with Gasteiger partial charge in [-0.1, -0.05) is 19.3 Å². The van der Waals surface area contributed by atoms with Crippen molar-refractivity contribution in [1.82, 2.24) is 10.2 Å². The Balaban J connectivity index is 0.00000144. The topological polar surface area (TPSA) is 24.5 Å². The molecule has 1 saturated heterocycles. The fourth-order valence-electron chi connectivity index (χ4n) is 2.76. The van der Waals surface area contributed by atoms with Gasteiger partial charge in [-0.05, 0) is 25.3 Å². The van der Waals surface area contributed by atoms with Crippen LogP contribution in [-0.2, 0) is 4.74 Å². The lowest BCUT2D eigenvalue weighted by Crippen LogP contribution is -2.41. The molecule has 4 heteroatoms. The van der Waals surface area contributed by atoms with Crippen molar-refractivity contribution < 1.29 is 4.74 Å². The van der Waals surface area contributed by atoms with E-state index in [9.17, 15) is 0 Å². The summed E-state index contributed by atoms with van der Waals surface area (Å²) in [7, 11) is 0. The predicted molar refractivity (Wildman–Crippen MR) is 74.0 cm³/mol. The van der Waals surface area contributed by atoms with Crippen LogP contribution in [-0.4, -0.2) is 50.8 Å². The van der Waals surface area contributed by atoms with Gasteiger partial charge in [-0.3, -0.25) is 4.90 Å². The van der Waals surface area contributed by atoms with Gasteiger partial charge >= 0.3 is 0 Å². The first-order valence-electron chi connectivity index (χ1n) is 6.96. The summed E-state index contributed by atoms with van der Waals surface area (Å²) in [6, 6.07) is 0. The van der Waals surface area contributed by atoms with Crippen molar-refractivity contribution in [3.05, 3.63) is 0 Å². The maximum atomic E-state index is 5.34. The highest BCUT2D eigenvalue weighted by Crippen LogP contribution is 2.22. The maximum absolute atomic E-state index is 5.34. The van der Waals surface area contributed by atoms with Crippen molar-refractivity contribution in [3.63, 3.8) is 0 Å². The highest BCUT2D eigenvalue weighted by molar-refractivity contribution is 5.85. The second-order valence-electron chi connectivity index (χ2n) is 5.16. The van der Waals surface area contributed by atoms with E-state index >= 15 is 0 Å². The zero-order valence-corrected chi connectivity index (χ0v) is 11.6. The summed E-state index contributed by atoms with van der Waals surface area (Å²) in [5.74, 6) is 0.957. The van der Waals surface area contributed by atoms with Crippen LogP contribution >= 0.6 is 12.4 Å². The molecule has 1 aliphatic carbocycles. The van der Waals surface area contributed by atoms with Gasteiger partial charge in [-0.2, -0.15) is 0 Å². The molecule has 1 saturated carbocycles. The van der Waals surface area contributed by atoms with Crippen LogP contribution in [0.3, 0.4) is 0 Å². The first kappa shape index (κ1) is 15.2. The van der Waals surface area contributed by atoms with Gasteiger partial charge in [0.25, 0.3) is 0 Å². The van der Waals surface area contributed by atoms with E-state index in [4.69, 9.17) is 4.74 Å². The largest absolute Gasteiger partial charge is 0.379 e. The summed E-state index contributed by atoms with van der Waals surface area (Å²) < 4.78 is 5.34. The summed E-state index contributed by atoms with van der Waals surface area (Å²) in [4.78, 5) is 2.50. The molecule has 0 amide bonds. The second-order valence-corrected chi connectivity index (χ2v) is 5.16. The average Bonchev–Trinajstić information content (AvgIpc) is 2.37. The van der Waals surface area contributed by atoms with Crippen LogP contribution in [0.4, 0.5) is 0 Å². The van der Waals surface area contributed by atoms with Crippen LogP contribution in [0.15, 0.2) is 0 Å². The zero-order valence-electron chi connectivity index (χ0n) is 10.8. The molecule has 0 unspecified atom stereocenters. The number of halogens is 1. The van der Waals surface area contributed by atoms with E-state index in [0.29, 0.717) is 0 Å². The molecule has 2 aliphatic rings. The van der Waals surface area contributed by atoms with E-state index in [2.05, 4.69) is 10.2 Å². The molecular formula is C13H27ClN2O. The van der Waals surface area contributed by atoms with Gasteiger partial charge in [0, 0.05) is 26.2 Å². The van der Waals surface area contributed by atoms with Crippen molar-refractivity contribution in [2.75, 3.05) is 45.9 Å². The highest BCUT2D eigenvalue weighted by atomic mass is 35.5. The number of hydrogen-bond acceptors (Lipinski definition) is 3. The Hall–Kier alpha value is 0.170. The average molecular weight is 263 g/mol. The van der Waals surface area contributed by atoms with Crippen molar-refractivity contribution in [1.29, 1.82) is 0 Å². The van der Waals surface area contributed by atoms with Crippen LogP contribution in [0.25, 0.3) is 0 Å². The van der Waals surface area contributed by atoms with E-state index in [1.807, 2.05) is 0 Å². The first-order chi connectivity index (χ1) is 7.95. The quantitative estimate of drug-likeness (QED) is 0.766. The fraction of sp³-hybridized carbons (Fsp3) is 1.00. The van der Waals surface area contributed by atoms with Crippen LogP contribution < -0.4 is 5.32 Å². The summed E-state index contributed by atoms with van der Waals surface area (Å²) in [5.41, 5.74) is 0. The predicted octanol–water partition coefficient (Wildman–Crippen LogP) is 1.91. The molecular weight excluding hydrogens is 236 g/mol. The Morgan fingerprint density at radius 2 is 1.76 bits per heavy atom. The molecule has 0 aromatic carbocycles. The summed E-state index contributed by atoms with van der Waals surface area (Å²) in [6.45, 7) is 7.65. The molecule has 2 fully saturated rings. The van der Waals surface area contributed by atoms with Gasteiger partial charge in [-0.25, -0.2) is 0 Å². The molecule has 3 nitrogen and oxygen atoms in total. The molecule has 0 bridgehead atoms. The lowest BCUT2D eigenvalue weighted by molar-refractivity contribution is 0.0383. The minimum absolute atomic E-state index is 0. The molecule has 1 aliphatic heterocycles. The zero-order chi connectivity index (χ0) is 11.1. The van der Waals surface area contributed by atoms with E-state index in [1.54, 1.807) is 0 Å². The number of hydrogen-bond donors (Lipinski definition) is 1. The molecule has 0 radical (unpaired) electrons. The standard InChI is InChI=1S/C13H26N2O.ClH/c1-2-4-13(5-3-1)12-14-6-7-15-8-10-16-11-9-15;/h13-14H,1-12H2;1H. The minimum Gasteiger partial charge on any atom is -0.379 e. The number of rotatable bonds is 5. The Labute approximate surface area is 112 Å². The van der Waals surface area contributed by atoms with Crippen molar-refractivity contribution in [2.45, 2.75) is 32.1 Å². The number of nitrogens with zero attached hydrogens (tertiary/aromatic N) is 1. The summed E-state index contributed by atoms with van der Waals surface area (Å²) in [6.07, 6.45) is 7.27. The van der Waals surface area contributed by atoms with Gasteiger partial charge in [-0.15, -0.1) is 12.4 Å². The van der Waals surface area contributed by atoms with Crippen LogP contribution in [0.1, 0.15) is 32.1 Å². The van der Waals surface area contributed by atoms with Gasteiger partial charge < -0.3 is 10.1 Å². The van der Waals surface area contributed by atoms with Crippen LogP contribution in [0.5, 0.6) is 0 Å². The molecule has 1 heterocycles. The van der Waals surface area contributed by atoms with Crippen LogP contribution in [0.2, 0.25) is 0 Å². The SMILES string of the molecule is C1CCC(CNCCN2CCOCC2)CC1.Cl. The first-order valence-corrected chi connectivity index (χ1v) is 6.96. The maximum Gasteiger partial charge on any atom is 0.0594 e. The molecule has 0 aromatic rings. The minimum atomic E-state index is 0. The number of nitrogens with one attached hydrogen (secondary N) is 1. The van der Waals surface area contributed by atoms with E-state index in [1.165, 1.54) is 45.2 Å². The number of ether oxygens (including phenoxy) is 1. The van der Waals surface area contributed by atoms with Crippen molar-refractivity contribution >= 4 is 12.4 Å². The van der Waals surface area contributed by atoms with Gasteiger partial charge in [0.15, 0.2) is 0 Å². The Morgan fingerprint density at radius 1 is 1.06 bits per heavy atom. The molecule has 0 spiro atoms. The third-order valence-corrected chi connectivity index (χ3v) is 3.87. The van der Waals surface area contributed by atoms with Gasteiger partial charge in [0.1, 0.15) is 0 Å². The number of morpholine rings is 1. The van der Waals surface area contributed by atoms with Gasteiger partial charge in [0.2, 0.25) is 0 Å². The Bertz CT molecular complexity index is 160. The highest BCUT2D eigenvalue weighted by Gasteiger charge is 2.13. The summed E-state index contributed by atoms with van der Waals surface area (Å²) in [5, 5.41) is 3.62. The molecule has 0 aromatic heterocycles. The Morgan fingerprint density at radius 3 is 2.47 bits per heavy atom. The lowest BCUT2D eigenvalue weighted by Gasteiger charge is -2.27. The van der Waals surface area contributed by atoms with Crippen molar-refractivity contribution in [3.8, 4) is 0 Å². The van der Waals surface area contributed by atoms with Gasteiger partial charge in [0.05, 0.1) is 13.2 Å². The Kier molecular flexibility index (Phi) is 8.19. The molecule has 102 valence electrons. The fourth-order valence-corrected chi connectivity index (χ4v) is 2.76. The summed E-state index contributed by atoms with van der Waals surface area (Å²) >= 11 is 0. The molecule has 1 N–H and O–H groups in total. The second kappa shape index (κ2) is 9.15. The monoisotopic (exact) mass is 262 g/mol. The third-order valence-electron chi connectivity index (χ3n) is 3.87. The van der Waals surface area contributed by atoms with E-state index in [0.717, 1.165) is 38.8 Å². The molecule has 2 rings (SSSR count). The lowest BCUT2D eigenvalue weighted by atomic mass is 9.89. The molecule has 0 atom stereocenters. The third kappa shape index (κ3) is 6.05. The smallest absolute Gasteiger partial charge is 0.0594 e. The van der Waals surface area contributed by atoms with E-state index in [-0.39, 0.29) is 12.4 Å². The van der Waals surface area contributed by atoms with Crippen LogP contribution in [0, 0.1) is 5.92 Å². The normalized spacial score (nSPS) is 23.3.